The summed E-state index contributed by atoms with van der Waals surface area (Å²) in [4.78, 5) is 0. The molecule has 134 valence electrons. The van der Waals surface area contributed by atoms with Gasteiger partial charge >= 0.3 is 21.7 Å². The van der Waals surface area contributed by atoms with E-state index >= 15 is 0 Å². The molecule has 0 aromatic rings. The molecule has 0 bridgehead atoms. The quantitative estimate of drug-likeness (QED) is 0.363. The van der Waals surface area contributed by atoms with Crippen LogP contribution in [-0.2, 0) is 21.7 Å². The first kappa shape index (κ1) is 49.5. The third-order valence-corrected chi connectivity index (χ3v) is 1.85. The molecule has 0 radical (unpaired) electrons. The van der Waals surface area contributed by atoms with Crippen LogP contribution in [0.1, 0.15) is 0 Å². The van der Waals surface area contributed by atoms with Crippen molar-refractivity contribution >= 4 is 37.2 Å². The average molecular weight is 406 g/mol. The first-order chi connectivity index (χ1) is 7.00. The third-order valence-electron chi connectivity index (χ3n) is 1.85. The van der Waals surface area contributed by atoms with Gasteiger partial charge in [-0.15, -0.1) is 50.3 Å². The summed E-state index contributed by atoms with van der Waals surface area (Å²) >= 11 is 0. The first-order valence-electron chi connectivity index (χ1n) is 5.20. The molecule has 4 N–H and O–H groups in total. The van der Waals surface area contributed by atoms with Crippen LogP contribution in [-0.4, -0.2) is 64.6 Å². The maximum Gasteiger partial charge on any atom is 4.00 e. The van der Waals surface area contributed by atoms with Crippen molar-refractivity contribution in [3.63, 3.8) is 0 Å². The van der Waals surface area contributed by atoms with E-state index in [1.54, 1.807) is 0 Å². The first-order valence-corrected chi connectivity index (χ1v) is 5.20. The molecule has 0 spiro atoms. The van der Waals surface area contributed by atoms with E-state index < -0.39 is 0 Å². The maximum absolute atomic E-state index is 7.00. The van der Waals surface area contributed by atoms with Gasteiger partial charge in [-0.25, -0.2) is 0 Å². The van der Waals surface area contributed by atoms with Gasteiger partial charge in [0.15, 0.2) is 0 Å². The number of aliphatic hydroxyl groups excluding tert-OH is 1. The Morgan fingerprint density at radius 1 is 0.619 bits per heavy atom. The van der Waals surface area contributed by atoms with Crippen molar-refractivity contribution in [2.24, 2.45) is 0 Å². The molecule has 1 aliphatic heterocycles. The van der Waals surface area contributed by atoms with Crippen LogP contribution in [0.2, 0.25) is 0 Å². The minimum absolute atomic E-state index is 0. The van der Waals surface area contributed by atoms with Gasteiger partial charge in [-0.1, -0.05) is 0 Å². The van der Waals surface area contributed by atoms with E-state index in [-0.39, 0.29) is 81.2 Å². The van der Waals surface area contributed by atoms with Crippen LogP contribution >= 0.6 is 37.2 Å². The number of nitrogens with one attached hydrogen (secondary N) is 3. The molecule has 0 aromatic carbocycles. The SMILES string of the molecule is C1CNCCNCCNCC[N-]1.CO.Cl.Cl.Cl.[CH3-].[CH3-].[CH3-].[Ti+4]. The van der Waals surface area contributed by atoms with E-state index in [0.717, 1.165) is 59.5 Å². The van der Waals surface area contributed by atoms with Crippen LogP contribution in [0.25, 0.3) is 5.32 Å². The van der Waals surface area contributed by atoms with Crippen LogP contribution in [0.4, 0.5) is 0 Å². The van der Waals surface area contributed by atoms with Crippen molar-refractivity contribution < 1.29 is 26.8 Å². The van der Waals surface area contributed by atoms with Crippen LogP contribution in [0.5, 0.6) is 0 Å². The molecule has 1 heterocycles. The van der Waals surface area contributed by atoms with Crippen molar-refractivity contribution in [3.8, 4) is 0 Å². The molecule has 1 rings (SSSR count). The van der Waals surface area contributed by atoms with E-state index in [0.29, 0.717) is 0 Å². The van der Waals surface area contributed by atoms with Gasteiger partial charge in [-0.3, -0.25) is 0 Å². The van der Waals surface area contributed by atoms with Gasteiger partial charge in [0.25, 0.3) is 0 Å². The predicted molar refractivity (Wildman–Crippen MR) is 101 cm³/mol. The number of hydrogen-bond donors (Lipinski definition) is 4. The zero-order valence-corrected chi connectivity index (χ0v) is 17.8. The van der Waals surface area contributed by atoms with Crippen LogP contribution < -0.4 is 16.0 Å². The summed E-state index contributed by atoms with van der Waals surface area (Å²) in [7, 11) is 1.00. The number of rotatable bonds is 0. The molecular weight excluding hydrogens is 370 g/mol. The molecule has 1 aliphatic rings. The van der Waals surface area contributed by atoms with Crippen molar-refractivity contribution in [2.75, 3.05) is 59.5 Å². The Morgan fingerprint density at radius 2 is 0.857 bits per heavy atom. The Labute approximate surface area is 166 Å². The summed E-state index contributed by atoms with van der Waals surface area (Å²) in [5.41, 5.74) is 0. The monoisotopic (exact) mass is 404 g/mol. The number of hydrogen-bond acceptors (Lipinski definition) is 4. The van der Waals surface area contributed by atoms with Crippen LogP contribution in [0.15, 0.2) is 0 Å². The van der Waals surface area contributed by atoms with E-state index in [2.05, 4.69) is 21.3 Å². The second-order valence-corrected chi connectivity index (χ2v) is 2.92. The summed E-state index contributed by atoms with van der Waals surface area (Å²) in [6.45, 7) is 8.14. The van der Waals surface area contributed by atoms with Gasteiger partial charge in [-0.05, 0) is 13.1 Å². The Balaban J connectivity index is -0.0000000300. The molecule has 1 fully saturated rings. The Kier molecular flexibility index (Phi) is 117. The van der Waals surface area contributed by atoms with Crippen molar-refractivity contribution in [1.29, 1.82) is 0 Å². The minimum atomic E-state index is 0. The molecule has 0 unspecified atom stereocenters. The van der Waals surface area contributed by atoms with E-state index in [1.165, 1.54) is 0 Å². The van der Waals surface area contributed by atoms with Crippen molar-refractivity contribution in [3.05, 3.63) is 27.6 Å². The van der Waals surface area contributed by atoms with Gasteiger partial charge in [0, 0.05) is 33.3 Å². The van der Waals surface area contributed by atoms with Crippen molar-refractivity contribution in [1.82, 2.24) is 16.0 Å². The number of nitrogens with zero attached hydrogens (tertiary/aromatic N) is 1. The summed E-state index contributed by atoms with van der Waals surface area (Å²) in [6, 6.07) is 0. The normalized spacial score (nSPS) is 14.0. The maximum atomic E-state index is 7.00. The Morgan fingerprint density at radius 3 is 1.14 bits per heavy atom. The summed E-state index contributed by atoms with van der Waals surface area (Å²) in [6.07, 6.45) is 0. The standard InChI is InChI=1S/C8H19N4.CH4O.3CH3.3ClH.Ti/c1-2-10-5-6-12-8-7-11-4-3-9-1;1-2;;;;;;;/h9-11H,1-8H2;2H,1H3;3*1H3;3*1H;/q-1;;3*-1;;;;+4. The van der Waals surface area contributed by atoms with Crippen molar-refractivity contribution in [2.45, 2.75) is 0 Å². The summed E-state index contributed by atoms with van der Waals surface area (Å²) in [5, 5.41) is 21.4. The van der Waals surface area contributed by atoms with Gasteiger partial charge < -0.3 is 48.7 Å². The second kappa shape index (κ2) is 49.6. The predicted octanol–water partition coefficient (Wildman–Crippen LogP) is 1.36. The van der Waals surface area contributed by atoms with Crippen LogP contribution in [0.3, 0.4) is 0 Å². The summed E-state index contributed by atoms with van der Waals surface area (Å²) < 4.78 is 0. The Bertz CT molecular complexity index is 79.5. The molecule has 0 amide bonds. The van der Waals surface area contributed by atoms with Crippen LogP contribution in [0, 0.1) is 22.3 Å². The molecular formula is C12H35Cl3N4OTi. The molecule has 5 nitrogen and oxygen atoms in total. The van der Waals surface area contributed by atoms with Gasteiger partial charge in [0.1, 0.15) is 0 Å². The van der Waals surface area contributed by atoms with E-state index in [9.17, 15) is 0 Å². The smallest absolute Gasteiger partial charge is 0.660 e. The number of aliphatic hydroxyl groups is 1. The molecule has 0 atom stereocenters. The largest absolute Gasteiger partial charge is 4.00 e. The fourth-order valence-corrected chi connectivity index (χ4v) is 1.16. The molecule has 0 aliphatic carbocycles. The fraction of sp³-hybridized carbons (Fsp3) is 0.750. The Hall–Kier alpha value is 1.38. The van der Waals surface area contributed by atoms with E-state index in [4.69, 9.17) is 5.11 Å². The van der Waals surface area contributed by atoms with Gasteiger partial charge in [0.2, 0.25) is 0 Å². The topological polar surface area (TPSA) is 70.4 Å². The van der Waals surface area contributed by atoms with E-state index in [1.807, 2.05) is 0 Å². The molecule has 21 heavy (non-hydrogen) atoms. The molecule has 1 saturated heterocycles. The summed E-state index contributed by atoms with van der Waals surface area (Å²) in [5.74, 6) is 0. The fourth-order valence-electron chi connectivity index (χ4n) is 1.16. The average Bonchev–Trinajstić information content (AvgIpc) is 2.22. The molecule has 0 aromatic heterocycles. The minimum Gasteiger partial charge on any atom is -0.660 e. The van der Waals surface area contributed by atoms with Gasteiger partial charge in [0.05, 0.1) is 0 Å². The third kappa shape index (κ3) is 44.9. The zero-order chi connectivity index (χ0) is 10.5. The zero-order valence-electron chi connectivity index (χ0n) is 13.8. The second-order valence-electron chi connectivity index (χ2n) is 2.92. The number of halogens is 3. The molecule has 9 heteroatoms. The van der Waals surface area contributed by atoms with Gasteiger partial charge in [-0.2, -0.15) is 0 Å². The molecule has 0 saturated carbocycles.